The highest BCUT2D eigenvalue weighted by Crippen LogP contribution is 2.31. The molecule has 0 unspecified atom stereocenters. The molecule has 0 aromatic carbocycles. The molecule has 0 aliphatic carbocycles. The van der Waals surface area contributed by atoms with Crippen LogP contribution in [0.5, 0.6) is 5.75 Å². The van der Waals surface area contributed by atoms with Crippen molar-refractivity contribution in [3.63, 3.8) is 0 Å². The first kappa shape index (κ1) is 23.5. The summed E-state index contributed by atoms with van der Waals surface area (Å²) in [6.07, 6.45) is 5.19. The van der Waals surface area contributed by atoms with Gasteiger partial charge in [0.2, 0.25) is 0 Å². The first-order valence-electron chi connectivity index (χ1n) is 11.7. The molecule has 3 aromatic rings. The van der Waals surface area contributed by atoms with Crippen LogP contribution in [0.1, 0.15) is 5.56 Å². The third-order valence-corrected chi connectivity index (χ3v) is 8.87. The van der Waals surface area contributed by atoms with E-state index in [0.717, 1.165) is 55.3 Å². The lowest BCUT2D eigenvalue weighted by molar-refractivity contribution is 0.0322. The second kappa shape index (κ2) is 10.2. The van der Waals surface area contributed by atoms with Crippen molar-refractivity contribution in [2.24, 2.45) is 4.36 Å². The second-order valence-electron chi connectivity index (χ2n) is 8.61. The number of aromatic nitrogens is 3. The number of pyridine rings is 2. The summed E-state index contributed by atoms with van der Waals surface area (Å²) in [5.41, 5.74) is 2.94. The van der Waals surface area contributed by atoms with E-state index in [-0.39, 0.29) is 0 Å². The molecular weight excluding hydrogens is 466 g/mol. The zero-order valence-corrected chi connectivity index (χ0v) is 20.6. The molecule has 184 valence electrons. The number of nitriles is 1. The van der Waals surface area contributed by atoms with Crippen molar-refractivity contribution < 1.29 is 13.7 Å². The van der Waals surface area contributed by atoms with E-state index in [4.69, 9.17) is 9.47 Å². The Hall–Kier alpha value is -3.20. The molecule has 0 spiro atoms. The fourth-order valence-corrected chi connectivity index (χ4v) is 6.04. The lowest BCUT2D eigenvalue weighted by atomic mass is 10.1. The molecule has 3 aromatic heterocycles. The standard InChI is InChI=1S/C24H29N7O3S/c1-26-35(32)12-7-30(8-13-35)23-3-2-19(16-27-23)22-14-21(18-31-24(22)20(15-25)17-28-31)34-11-6-29-4-9-33-10-5-29/h2-3,14,16-18H,4-13H2,1H3. The second-order valence-corrected chi connectivity index (χ2v) is 11.3. The van der Waals surface area contributed by atoms with Gasteiger partial charge in [0, 0.05) is 78.3 Å². The molecule has 2 saturated heterocycles. The molecule has 2 aliphatic rings. The average Bonchev–Trinajstić information content (AvgIpc) is 3.33. The van der Waals surface area contributed by atoms with Gasteiger partial charge in [-0.05, 0) is 18.2 Å². The smallest absolute Gasteiger partial charge is 0.138 e. The Morgan fingerprint density at radius 2 is 2.00 bits per heavy atom. The van der Waals surface area contributed by atoms with E-state index in [1.807, 2.05) is 30.6 Å². The lowest BCUT2D eigenvalue weighted by Crippen LogP contribution is -2.40. The summed E-state index contributed by atoms with van der Waals surface area (Å²) in [6.45, 7) is 6.05. The molecular formula is C24H29N7O3S. The quantitative estimate of drug-likeness (QED) is 0.510. The highest BCUT2D eigenvalue weighted by Gasteiger charge is 2.21. The Morgan fingerprint density at radius 1 is 1.20 bits per heavy atom. The number of anilines is 1. The summed E-state index contributed by atoms with van der Waals surface area (Å²) in [5.74, 6) is 2.64. The monoisotopic (exact) mass is 495 g/mol. The predicted molar refractivity (Wildman–Crippen MR) is 134 cm³/mol. The van der Waals surface area contributed by atoms with Crippen LogP contribution >= 0.6 is 0 Å². The summed E-state index contributed by atoms with van der Waals surface area (Å²) >= 11 is 0. The van der Waals surface area contributed by atoms with Crippen LogP contribution in [0.3, 0.4) is 0 Å². The Bertz CT molecular complexity index is 1340. The maximum absolute atomic E-state index is 12.5. The number of morpholine rings is 1. The number of hydrogen-bond donors (Lipinski definition) is 0. The highest BCUT2D eigenvalue weighted by molar-refractivity contribution is 7.93. The van der Waals surface area contributed by atoms with Crippen LogP contribution in [0.2, 0.25) is 0 Å². The summed E-state index contributed by atoms with van der Waals surface area (Å²) in [5, 5.41) is 14.0. The SMILES string of the molecule is CN=S1(=O)CCN(c2ccc(-c3cc(OCCN4CCOCC4)cn4ncc(C#N)c34)cn2)CC1. The molecule has 0 N–H and O–H groups in total. The van der Waals surface area contributed by atoms with Gasteiger partial charge in [-0.25, -0.2) is 18.1 Å². The lowest BCUT2D eigenvalue weighted by Gasteiger charge is -2.29. The maximum atomic E-state index is 12.5. The Morgan fingerprint density at radius 3 is 2.69 bits per heavy atom. The van der Waals surface area contributed by atoms with Gasteiger partial charge >= 0.3 is 0 Å². The number of hydrogen-bond acceptors (Lipinski definition) is 9. The van der Waals surface area contributed by atoms with Crippen LogP contribution in [0.15, 0.2) is 41.2 Å². The van der Waals surface area contributed by atoms with E-state index in [1.54, 1.807) is 17.8 Å². The van der Waals surface area contributed by atoms with Gasteiger partial charge in [-0.3, -0.25) is 4.90 Å². The van der Waals surface area contributed by atoms with Gasteiger partial charge < -0.3 is 14.4 Å². The normalized spacial score (nSPS) is 18.3. The van der Waals surface area contributed by atoms with Crippen molar-refractivity contribution in [3.8, 4) is 22.9 Å². The molecule has 35 heavy (non-hydrogen) atoms. The van der Waals surface area contributed by atoms with E-state index in [0.29, 0.717) is 42.5 Å². The van der Waals surface area contributed by atoms with E-state index in [9.17, 15) is 9.47 Å². The molecule has 0 atom stereocenters. The fourth-order valence-electron chi connectivity index (χ4n) is 4.46. The van der Waals surface area contributed by atoms with Crippen LogP contribution in [0, 0.1) is 11.3 Å². The molecule has 11 heteroatoms. The number of rotatable bonds is 6. The first-order valence-corrected chi connectivity index (χ1v) is 13.6. The molecule has 10 nitrogen and oxygen atoms in total. The largest absolute Gasteiger partial charge is 0.491 e. The van der Waals surface area contributed by atoms with Gasteiger partial charge in [0.15, 0.2) is 0 Å². The summed E-state index contributed by atoms with van der Waals surface area (Å²) in [7, 11) is -0.436. The molecule has 0 saturated carbocycles. The molecule has 2 aliphatic heterocycles. The predicted octanol–water partition coefficient (Wildman–Crippen LogP) is 1.90. The van der Waals surface area contributed by atoms with Crippen LogP contribution in [-0.4, -0.2) is 94.8 Å². The van der Waals surface area contributed by atoms with Crippen LogP contribution in [0.4, 0.5) is 5.82 Å². The van der Waals surface area contributed by atoms with Crippen molar-refractivity contribution in [2.75, 3.05) is 76.0 Å². The molecule has 2 fully saturated rings. The van der Waals surface area contributed by atoms with E-state index in [1.165, 1.54) is 0 Å². The van der Waals surface area contributed by atoms with Gasteiger partial charge in [0.25, 0.3) is 0 Å². The minimum Gasteiger partial charge on any atom is -0.491 e. The molecule has 0 bridgehead atoms. The Balaban J connectivity index is 1.37. The Labute approximate surface area is 205 Å². The van der Waals surface area contributed by atoms with Gasteiger partial charge in [-0.15, -0.1) is 0 Å². The average molecular weight is 496 g/mol. The molecule has 5 rings (SSSR count). The molecule has 5 heterocycles. The van der Waals surface area contributed by atoms with Crippen molar-refractivity contribution in [3.05, 3.63) is 42.4 Å². The van der Waals surface area contributed by atoms with E-state index >= 15 is 0 Å². The van der Waals surface area contributed by atoms with E-state index in [2.05, 4.69) is 30.3 Å². The zero-order chi connectivity index (χ0) is 24.3. The number of ether oxygens (including phenoxy) is 2. The van der Waals surface area contributed by atoms with Gasteiger partial charge in [0.1, 0.15) is 24.2 Å². The summed E-state index contributed by atoms with van der Waals surface area (Å²) in [4.78, 5) is 9.14. The minimum atomic E-state index is -2.07. The Kier molecular flexibility index (Phi) is 6.86. The first-order chi connectivity index (χ1) is 17.1. The van der Waals surface area contributed by atoms with Gasteiger partial charge in [-0.1, -0.05) is 0 Å². The van der Waals surface area contributed by atoms with Gasteiger partial charge in [-0.2, -0.15) is 10.4 Å². The highest BCUT2D eigenvalue weighted by atomic mass is 32.2. The van der Waals surface area contributed by atoms with E-state index < -0.39 is 9.73 Å². The third kappa shape index (κ3) is 5.10. The molecule has 0 amide bonds. The third-order valence-electron chi connectivity index (χ3n) is 6.56. The van der Waals surface area contributed by atoms with Crippen LogP contribution in [0.25, 0.3) is 16.6 Å². The summed E-state index contributed by atoms with van der Waals surface area (Å²) < 4.78 is 29.7. The van der Waals surface area contributed by atoms with Gasteiger partial charge in [0.05, 0.1) is 36.7 Å². The maximum Gasteiger partial charge on any atom is 0.138 e. The number of fused-ring (bicyclic) bond motifs is 1. The molecule has 0 radical (unpaired) electrons. The topological polar surface area (TPSA) is 108 Å². The fraction of sp³-hybridized carbons (Fsp3) is 0.458. The van der Waals surface area contributed by atoms with Crippen LogP contribution < -0.4 is 9.64 Å². The van der Waals surface area contributed by atoms with Crippen LogP contribution in [-0.2, 0) is 14.5 Å². The number of nitrogens with zero attached hydrogens (tertiary/aromatic N) is 7. The van der Waals surface area contributed by atoms with Crippen molar-refractivity contribution >= 4 is 21.1 Å². The van der Waals surface area contributed by atoms with Crippen molar-refractivity contribution in [1.82, 2.24) is 19.5 Å². The zero-order valence-electron chi connectivity index (χ0n) is 19.8. The van der Waals surface area contributed by atoms with Crippen molar-refractivity contribution in [1.29, 1.82) is 5.26 Å². The minimum absolute atomic E-state index is 0.498. The summed E-state index contributed by atoms with van der Waals surface area (Å²) in [6, 6.07) is 8.15. The van der Waals surface area contributed by atoms with Crippen molar-refractivity contribution in [2.45, 2.75) is 0 Å².